The van der Waals surface area contributed by atoms with E-state index in [1.54, 1.807) is 0 Å². The van der Waals surface area contributed by atoms with Gasteiger partial charge in [-0.25, -0.2) is 4.98 Å². The van der Waals surface area contributed by atoms with E-state index < -0.39 is 0 Å². The fraction of sp³-hybridized carbons (Fsp3) is 0.174. The first-order valence-corrected chi connectivity index (χ1v) is 10.6. The third-order valence-corrected chi connectivity index (χ3v) is 6.12. The second-order valence-corrected chi connectivity index (χ2v) is 8.35. The maximum atomic E-state index is 9.35. The Balaban J connectivity index is 1.74. The Kier molecular flexibility index (Phi) is 4.74. The zero-order chi connectivity index (χ0) is 20.7. The van der Waals surface area contributed by atoms with Crippen LogP contribution >= 0.6 is 15.9 Å². The number of pyridine rings is 1. The molecule has 1 fully saturated rings. The van der Waals surface area contributed by atoms with E-state index in [0.717, 1.165) is 63.2 Å². The summed E-state index contributed by atoms with van der Waals surface area (Å²) in [6.07, 6.45) is 4.64. The minimum absolute atomic E-state index is 0.133. The number of imidazole rings is 1. The number of para-hydroxylation sites is 1. The molecule has 0 bridgehead atoms. The molecule has 0 amide bonds. The number of anilines is 1. The summed E-state index contributed by atoms with van der Waals surface area (Å²) >= 11 is 3.59. The summed E-state index contributed by atoms with van der Waals surface area (Å²) in [4.78, 5) is 15.1. The minimum atomic E-state index is 0.133. The van der Waals surface area contributed by atoms with Gasteiger partial charge >= 0.3 is 0 Å². The third-order valence-electron chi connectivity index (χ3n) is 5.48. The summed E-state index contributed by atoms with van der Waals surface area (Å²) in [5, 5.41) is 9.35. The quantitative estimate of drug-likeness (QED) is 0.472. The zero-order valence-corrected chi connectivity index (χ0v) is 17.7. The Morgan fingerprint density at radius 2 is 2.00 bits per heavy atom. The van der Waals surface area contributed by atoms with E-state index in [9.17, 15) is 5.26 Å². The van der Waals surface area contributed by atoms with Gasteiger partial charge < -0.3 is 15.6 Å². The zero-order valence-electron chi connectivity index (χ0n) is 16.1. The van der Waals surface area contributed by atoms with Gasteiger partial charge in [-0.2, -0.15) is 5.26 Å². The molecule has 1 saturated heterocycles. The highest BCUT2D eigenvalue weighted by atomic mass is 79.9. The molecule has 7 heteroatoms. The predicted octanol–water partition coefficient (Wildman–Crippen LogP) is 4.46. The monoisotopic (exact) mass is 458 g/mol. The van der Waals surface area contributed by atoms with Crippen LogP contribution in [0.1, 0.15) is 12.0 Å². The van der Waals surface area contributed by atoms with E-state index in [0.29, 0.717) is 5.56 Å². The van der Waals surface area contributed by atoms with E-state index in [1.165, 1.54) is 0 Å². The number of nitrogens with two attached hydrogens (primary N) is 1. The second-order valence-electron chi connectivity index (χ2n) is 7.49. The van der Waals surface area contributed by atoms with Crippen LogP contribution in [0.4, 0.5) is 5.69 Å². The van der Waals surface area contributed by atoms with E-state index in [2.05, 4.69) is 36.9 Å². The molecule has 6 nitrogen and oxygen atoms in total. The van der Waals surface area contributed by atoms with Crippen LogP contribution < -0.4 is 10.6 Å². The molecule has 2 aromatic carbocycles. The van der Waals surface area contributed by atoms with E-state index in [1.807, 2.05) is 54.9 Å². The predicted molar refractivity (Wildman–Crippen MR) is 122 cm³/mol. The first-order valence-electron chi connectivity index (χ1n) is 9.77. The molecule has 0 radical (unpaired) electrons. The van der Waals surface area contributed by atoms with Crippen molar-refractivity contribution in [3.63, 3.8) is 0 Å². The molecule has 3 N–H and O–H groups in total. The number of nitriles is 1. The molecular formula is C23H19BrN6. The molecule has 0 unspecified atom stereocenters. The minimum Gasteiger partial charge on any atom is -0.369 e. The molecule has 1 atom stereocenters. The van der Waals surface area contributed by atoms with Gasteiger partial charge in [-0.05, 0) is 52.2 Å². The summed E-state index contributed by atoms with van der Waals surface area (Å²) < 4.78 is 0.943. The van der Waals surface area contributed by atoms with Crippen LogP contribution in [0, 0.1) is 11.3 Å². The fourth-order valence-corrected chi connectivity index (χ4v) is 4.51. The fourth-order valence-electron chi connectivity index (χ4n) is 4.05. The number of halogens is 1. The SMILES string of the molecule is N#Cc1cccc(-c2cncc(-c3nc4c(Br)cccc4[nH]3)c2N2CC[C@H](N)C2)c1. The summed E-state index contributed by atoms with van der Waals surface area (Å²) in [7, 11) is 0. The summed E-state index contributed by atoms with van der Waals surface area (Å²) in [5.41, 5.74) is 12.6. The first kappa shape index (κ1) is 18.8. The van der Waals surface area contributed by atoms with Crippen molar-refractivity contribution in [1.82, 2.24) is 15.0 Å². The summed E-state index contributed by atoms with van der Waals surface area (Å²) in [6, 6.07) is 16.0. The smallest absolute Gasteiger partial charge is 0.142 e. The number of aromatic nitrogens is 3. The van der Waals surface area contributed by atoms with Crippen LogP contribution in [0.15, 0.2) is 59.3 Å². The number of hydrogen-bond donors (Lipinski definition) is 2. The molecule has 30 heavy (non-hydrogen) atoms. The lowest BCUT2D eigenvalue weighted by atomic mass is 10.00. The van der Waals surface area contributed by atoms with Crippen LogP contribution in [-0.4, -0.2) is 34.1 Å². The molecule has 0 saturated carbocycles. The highest BCUT2D eigenvalue weighted by molar-refractivity contribution is 9.10. The maximum absolute atomic E-state index is 9.35. The van der Waals surface area contributed by atoms with Crippen molar-refractivity contribution in [2.24, 2.45) is 5.73 Å². The molecule has 3 heterocycles. The van der Waals surface area contributed by atoms with Crippen molar-refractivity contribution < 1.29 is 0 Å². The van der Waals surface area contributed by atoms with Crippen LogP contribution in [-0.2, 0) is 0 Å². The molecular weight excluding hydrogens is 440 g/mol. The van der Waals surface area contributed by atoms with Crippen LogP contribution in [0.25, 0.3) is 33.5 Å². The van der Waals surface area contributed by atoms with Gasteiger partial charge in [0.25, 0.3) is 0 Å². The van der Waals surface area contributed by atoms with Gasteiger partial charge in [0.15, 0.2) is 0 Å². The number of fused-ring (bicyclic) bond motifs is 1. The highest BCUT2D eigenvalue weighted by Crippen LogP contribution is 2.40. The average molecular weight is 459 g/mol. The van der Waals surface area contributed by atoms with Gasteiger partial charge in [-0.1, -0.05) is 18.2 Å². The van der Waals surface area contributed by atoms with Crippen molar-refractivity contribution in [1.29, 1.82) is 5.26 Å². The van der Waals surface area contributed by atoms with Crippen molar-refractivity contribution in [2.45, 2.75) is 12.5 Å². The molecule has 1 aliphatic heterocycles. The van der Waals surface area contributed by atoms with E-state index in [4.69, 9.17) is 10.7 Å². The number of H-pyrrole nitrogens is 1. The topological polar surface area (TPSA) is 94.6 Å². The van der Waals surface area contributed by atoms with Gasteiger partial charge in [-0.3, -0.25) is 4.98 Å². The van der Waals surface area contributed by atoms with Crippen molar-refractivity contribution in [2.75, 3.05) is 18.0 Å². The van der Waals surface area contributed by atoms with Gasteiger partial charge in [0, 0.05) is 41.6 Å². The number of rotatable bonds is 3. The second kappa shape index (κ2) is 7.56. The molecule has 148 valence electrons. The van der Waals surface area contributed by atoms with E-state index >= 15 is 0 Å². The Bertz CT molecular complexity index is 1290. The van der Waals surface area contributed by atoms with Gasteiger partial charge in [0.2, 0.25) is 0 Å². The Morgan fingerprint density at radius 3 is 2.77 bits per heavy atom. The number of nitrogens with zero attached hydrogens (tertiary/aromatic N) is 4. The van der Waals surface area contributed by atoms with Crippen LogP contribution in [0.3, 0.4) is 0 Å². The van der Waals surface area contributed by atoms with E-state index in [-0.39, 0.29) is 6.04 Å². The Hall–Kier alpha value is -3.21. The number of hydrogen-bond acceptors (Lipinski definition) is 5. The first-order chi connectivity index (χ1) is 14.6. The summed E-state index contributed by atoms with van der Waals surface area (Å²) in [6.45, 7) is 1.64. The normalized spacial score (nSPS) is 16.2. The highest BCUT2D eigenvalue weighted by Gasteiger charge is 2.26. The summed E-state index contributed by atoms with van der Waals surface area (Å²) in [5.74, 6) is 0.762. The molecule has 0 spiro atoms. The van der Waals surface area contributed by atoms with Crippen LogP contribution in [0.2, 0.25) is 0 Å². The molecule has 4 aromatic rings. The largest absolute Gasteiger partial charge is 0.369 e. The lowest BCUT2D eigenvalue weighted by Crippen LogP contribution is -2.27. The molecule has 5 rings (SSSR count). The lowest BCUT2D eigenvalue weighted by molar-refractivity contribution is 0.752. The van der Waals surface area contributed by atoms with Crippen molar-refractivity contribution in [3.05, 3.63) is 64.9 Å². The van der Waals surface area contributed by atoms with Gasteiger partial charge in [-0.15, -0.1) is 0 Å². The Labute approximate surface area is 182 Å². The van der Waals surface area contributed by atoms with Gasteiger partial charge in [0.05, 0.1) is 28.4 Å². The number of aromatic amines is 1. The average Bonchev–Trinajstić information content (AvgIpc) is 3.40. The van der Waals surface area contributed by atoms with Crippen molar-refractivity contribution in [3.8, 4) is 28.6 Å². The molecule has 2 aromatic heterocycles. The van der Waals surface area contributed by atoms with Gasteiger partial charge in [0.1, 0.15) is 11.3 Å². The third kappa shape index (κ3) is 3.24. The number of benzene rings is 2. The number of nitrogens with one attached hydrogen (secondary N) is 1. The van der Waals surface area contributed by atoms with Crippen LogP contribution in [0.5, 0.6) is 0 Å². The molecule has 0 aliphatic carbocycles. The maximum Gasteiger partial charge on any atom is 0.142 e. The lowest BCUT2D eigenvalue weighted by Gasteiger charge is -2.24. The standard InChI is InChI=1S/C23H19BrN6/c24-19-5-2-6-20-21(19)29-23(28-20)18-12-27-11-17(15-4-1-3-14(9-15)10-25)22(18)30-8-7-16(26)13-30/h1-6,9,11-12,16H,7-8,13,26H2,(H,28,29)/t16-/m0/s1. The Morgan fingerprint density at radius 1 is 1.17 bits per heavy atom. The van der Waals surface area contributed by atoms with Crippen molar-refractivity contribution >= 4 is 32.7 Å². The molecule has 1 aliphatic rings.